The van der Waals surface area contributed by atoms with Crippen LogP contribution < -0.4 is 5.32 Å². The smallest absolute Gasteiger partial charge is 0.231 e. The lowest BCUT2D eigenvalue weighted by atomic mass is 9.92. The van der Waals surface area contributed by atoms with E-state index in [1.165, 1.54) is 11.8 Å². The maximum Gasteiger partial charge on any atom is 0.231 e. The Morgan fingerprint density at radius 2 is 1.96 bits per heavy atom. The molecule has 0 spiro atoms. The van der Waals surface area contributed by atoms with Crippen LogP contribution in [0.25, 0.3) is 11.3 Å². The van der Waals surface area contributed by atoms with Gasteiger partial charge in [-0.05, 0) is 18.4 Å². The topological polar surface area (TPSA) is 81.6 Å². The van der Waals surface area contributed by atoms with Crippen LogP contribution in [0.5, 0.6) is 0 Å². The summed E-state index contributed by atoms with van der Waals surface area (Å²) >= 11 is 1.36. The molecule has 0 bridgehead atoms. The zero-order valence-electron chi connectivity index (χ0n) is 14.1. The van der Waals surface area contributed by atoms with Gasteiger partial charge >= 0.3 is 0 Å². The van der Waals surface area contributed by atoms with E-state index >= 15 is 0 Å². The molecule has 130 valence electrons. The van der Waals surface area contributed by atoms with E-state index in [1.807, 2.05) is 30.3 Å². The van der Waals surface area contributed by atoms with Crippen LogP contribution in [-0.4, -0.2) is 27.2 Å². The lowest BCUT2D eigenvalue weighted by Crippen LogP contribution is -2.47. The summed E-state index contributed by atoms with van der Waals surface area (Å²) in [5.74, 6) is 0.150. The number of H-pyrrole nitrogens is 1. The van der Waals surface area contributed by atoms with Crippen LogP contribution >= 0.6 is 11.8 Å². The molecule has 5 nitrogen and oxygen atoms in total. The summed E-state index contributed by atoms with van der Waals surface area (Å²) < 4.78 is 0. The third kappa shape index (κ3) is 4.64. The largest absolute Gasteiger partial charge is 0.337 e. The van der Waals surface area contributed by atoms with Crippen LogP contribution in [0, 0.1) is 11.3 Å². The van der Waals surface area contributed by atoms with E-state index in [9.17, 15) is 10.1 Å². The Morgan fingerprint density at radius 1 is 1.24 bits per heavy atom. The fourth-order valence-electron chi connectivity index (χ4n) is 3.17. The Kier molecular flexibility index (Phi) is 5.77. The Hall–Kier alpha value is -2.26. The molecular weight excluding hydrogens is 332 g/mol. The molecule has 3 rings (SSSR count). The standard InChI is InChI=1S/C19H22N4OS/c20-14-19(10-6-1-2-7-11-19)23-17(24)13-25-18-21-12-16(22-18)15-8-4-3-5-9-15/h3-5,8-9,12H,1-2,6-7,10-11,13H2,(H,21,22)(H,23,24). The van der Waals surface area contributed by atoms with Crippen molar-refractivity contribution >= 4 is 17.7 Å². The van der Waals surface area contributed by atoms with Crippen molar-refractivity contribution in [3.8, 4) is 17.3 Å². The van der Waals surface area contributed by atoms with Gasteiger partial charge in [0.25, 0.3) is 0 Å². The average molecular weight is 354 g/mol. The molecule has 1 amide bonds. The number of nitriles is 1. The lowest BCUT2D eigenvalue weighted by Gasteiger charge is -2.26. The highest BCUT2D eigenvalue weighted by molar-refractivity contribution is 7.99. The van der Waals surface area contributed by atoms with Crippen LogP contribution in [0.15, 0.2) is 41.7 Å². The molecule has 0 atom stereocenters. The molecule has 1 aromatic carbocycles. The van der Waals surface area contributed by atoms with Crippen LogP contribution in [-0.2, 0) is 4.79 Å². The van der Waals surface area contributed by atoms with Gasteiger partial charge in [0, 0.05) is 0 Å². The van der Waals surface area contributed by atoms with Gasteiger partial charge in [-0.25, -0.2) is 4.98 Å². The van der Waals surface area contributed by atoms with Crippen molar-refractivity contribution in [3.63, 3.8) is 0 Å². The number of nitrogens with one attached hydrogen (secondary N) is 2. The number of benzene rings is 1. The summed E-state index contributed by atoms with van der Waals surface area (Å²) in [5, 5.41) is 13.2. The minimum atomic E-state index is -0.688. The van der Waals surface area contributed by atoms with Gasteiger partial charge < -0.3 is 10.3 Å². The van der Waals surface area contributed by atoms with Crippen LogP contribution in [0.1, 0.15) is 38.5 Å². The maximum atomic E-state index is 12.3. The number of carbonyl (C=O) groups is 1. The van der Waals surface area contributed by atoms with E-state index in [0.717, 1.165) is 49.8 Å². The zero-order chi connectivity index (χ0) is 17.5. The van der Waals surface area contributed by atoms with Crippen LogP contribution in [0.3, 0.4) is 0 Å². The lowest BCUT2D eigenvalue weighted by molar-refractivity contribution is -0.120. The van der Waals surface area contributed by atoms with Crippen molar-refractivity contribution in [2.45, 2.75) is 49.2 Å². The van der Waals surface area contributed by atoms with Gasteiger partial charge in [-0.2, -0.15) is 5.26 Å². The highest BCUT2D eigenvalue weighted by Crippen LogP contribution is 2.27. The number of hydrogen-bond acceptors (Lipinski definition) is 4. The molecular formula is C19H22N4OS. The molecule has 1 aliphatic carbocycles. The summed E-state index contributed by atoms with van der Waals surface area (Å²) in [6.07, 6.45) is 7.56. The van der Waals surface area contributed by atoms with Gasteiger partial charge in [0.1, 0.15) is 5.54 Å². The summed E-state index contributed by atoms with van der Waals surface area (Å²) in [7, 11) is 0. The van der Waals surface area contributed by atoms with Gasteiger partial charge in [0.05, 0.1) is 23.7 Å². The van der Waals surface area contributed by atoms with Crippen molar-refractivity contribution in [2.24, 2.45) is 0 Å². The minimum absolute atomic E-state index is 0.105. The molecule has 0 aliphatic heterocycles. The van der Waals surface area contributed by atoms with Gasteiger partial charge in [-0.3, -0.25) is 4.79 Å². The van der Waals surface area contributed by atoms with Crippen LogP contribution in [0.4, 0.5) is 0 Å². The molecule has 2 N–H and O–H groups in total. The molecule has 0 radical (unpaired) electrons. The fourth-order valence-corrected chi connectivity index (χ4v) is 3.82. The number of imidazole rings is 1. The second-order valence-corrected chi connectivity index (χ2v) is 7.38. The van der Waals surface area contributed by atoms with Crippen molar-refractivity contribution in [1.29, 1.82) is 5.26 Å². The summed E-state index contributed by atoms with van der Waals surface area (Å²) in [6.45, 7) is 0. The first-order valence-corrected chi connectivity index (χ1v) is 9.65. The quantitative estimate of drug-likeness (QED) is 0.630. The molecule has 1 fully saturated rings. The zero-order valence-corrected chi connectivity index (χ0v) is 14.9. The van der Waals surface area contributed by atoms with Crippen LogP contribution in [0.2, 0.25) is 0 Å². The van der Waals surface area contributed by atoms with Gasteiger partial charge in [-0.1, -0.05) is 67.8 Å². The Morgan fingerprint density at radius 3 is 2.64 bits per heavy atom. The number of aromatic nitrogens is 2. The molecule has 1 aliphatic rings. The molecule has 1 heterocycles. The van der Waals surface area contributed by atoms with E-state index in [1.54, 1.807) is 6.20 Å². The molecule has 1 aromatic heterocycles. The van der Waals surface area contributed by atoms with Gasteiger partial charge in [-0.15, -0.1) is 0 Å². The van der Waals surface area contributed by atoms with Crippen molar-refractivity contribution in [3.05, 3.63) is 36.5 Å². The average Bonchev–Trinajstić information content (AvgIpc) is 3.00. The van der Waals surface area contributed by atoms with Crippen molar-refractivity contribution < 1.29 is 4.79 Å². The van der Waals surface area contributed by atoms with Gasteiger partial charge in [0.15, 0.2) is 5.16 Å². The summed E-state index contributed by atoms with van der Waals surface area (Å²) in [4.78, 5) is 19.9. The number of amides is 1. The molecule has 6 heteroatoms. The van der Waals surface area contributed by atoms with E-state index in [-0.39, 0.29) is 11.7 Å². The number of thioether (sulfide) groups is 1. The monoisotopic (exact) mass is 354 g/mol. The second kappa shape index (κ2) is 8.21. The maximum absolute atomic E-state index is 12.3. The van der Waals surface area contributed by atoms with E-state index < -0.39 is 5.54 Å². The Balaban J connectivity index is 1.56. The fraction of sp³-hybridized carbons (Fsp3) is 0.421. The number of nitrogens with zero attached hydrogens (tertiary/aromatic N) is 2. The predicted molar refractivity (Wildman–Crippen MR) is 98.9 cm³/mol. The highest BCUT2D eigenvalue weighted by Gasteiger charge is 2.32. The van der Waals surface area contributed by atoms with Gasteiger partial charge in [0.2, 0.25) is 5.91 Å². The van der Waals surface area contributed by atoms with E-state index in [2.05, 4.69) is 21.4 Å². The Bertz CT molecular complexity index is 742. The molecule has 1 saturated carbocycles. The first-order chi connectivity index (χ1) is 12.2. The summed E-state index contributed by atoms with van der Waals surface area (Å²) in [6, 6.07) is 12.3. The minimum Gasteiger partial charge on any atom is -0.337 e. The number of carbonyl (C=O) groups excluding carboxylic acids is 1. The summed E-state index contributed by atoms with van der Waals surface area (Å²) in [5.41, 5.74) is 1.31. The van der Waals surface area contributed by atoms with E-state index in [0.29, 0.717) is 5.16 Å². The first kappa shape index (κ1) is 17.6. The van der Waals surface area contributed by atoms with Crippen molar-refractivity contribution in [2.75, 3.05) is 5.75 Å². The molecule has 2 aromatic rings. The number of rotatable bonds is 5. The third-order valence-corrected chi connectivity index (χ3v) is 5.41. The predicted octanol–water partition coefficient (Wildman–Crippen LogP) is 3.90. The number of hydrogen-bond donors (Lipinski definition) is 2. The van der Waals surface area contributed by atoms with E-state index in [4.69, 9.17) is 0 Å². The normalized spacial score (nSPS) is 16.6. The Labute approximate surface area is 152 Å². The molecule has 25 heavy (non-hydrogen) atoms. The highest BCUT2D eigenvalue weighted by atomic mass is 32.2. The first-order valence-electron chi connectivity index (χ1n) is 8.66. The third-order valence-electron chi connectivity index (χ3n) is 4.53. The number of aromatic amines is 1. The van der Waals surface area contributed by atoms with Crippen molar-refractivity contribution in [1.82, 2.24) is 15.3 Å². The molecule has 0 unspecified atom stereocenters. The SMILES string of the molecule is N#CC1(NC(=O)CSc2ncc(-c3ccccc3)[nH]2)CCCCCC1. The molecule has 0 saturated heterocycles. The second-order valence-electron chi connectivity index (χ2n) is 6.41.